The van der Waals surface area contributed by atoms with Gasteiger partial charge in [-0.05, 0) is 25.3 Å². The molecule has 0 heterocycles. The van der Waals surface area contributed by atoms with Gasteiger partial charge in [-0.2, -0.15) is 0 Å². The summed E-state index contributed by atoms with van der Waals surface area (Å²) in [6, 6.07) is 7.03. The van der Waals surface area contributed by atoms with Crippen LogP contribution in [0, 0.1) is 5.92 Å². The summed E-state index contributed by atoms with van der Waals surface area (Å²) in [5, 5.41) is 0. The molecule has 0 saturated heterocycles. The van der Waals surface area contributed by atoms with E-state index >= 15 is 0 Å². The smallest absolute Gasteiger partial charge is 0.335 e. The first-order valence-electron chi connectivity index (χ1n) is 6.97. The minimum atomic E-state index is -0.657. The molecule has 5 heteroatoms. The quantitative estimate of drug-likeness (QED) is 0.527. The van der Waals surface area contributed by atoms with Crippen molar-refractivity contribution in [2.24, 2.45) is 5.92 Å². The van der Waals surface area contributed by atoms with Crippen LogP contribution in [0.4, 0.5) is 0 Å². The van der Waals surface area contributed by atoms with Crippen LogP contribution in [-0.2, 0) is 14.3 Å². The Morgan fingerprint density at radius 2 is 1.86 bits per heavy atom. The third-order valence-electron chi connectivity index (χ3n) is 2.91. The highest BCUT2D eigenvalue weighted by Gasteiger charge is 2.18. The van der Waals surface area contributed by atoms with Crippen LogP contribution >= 0.6 is 15.9 Å². The Kier molecular flexibility index (Phi) is 7.61. The zero-order valence-corrected chi connectivity index (χ0v) is 14.2. The lowest BCUT2D eigenvalue weighted by Gasteiger charge is -2.13. The molecule has 0 saturated carbocycles. The second kappa shape index (κ2) is 8.95. The van der Waals surface area contributed by atoms with Gasteiger partial charge in [-0.25, -0.2) is 4.79 Å². The molecule has 116 valence electrons. The minimum Gasteiger partial charge on any atom is -0.455 e. The molecule has 0 aliphatic heterocycles. The molecule has 0 aromatic heterocycles. The fourth-order valence-corrected chi connectivity index (χ4v) is 2.07. The maximum Gasteiger partial charge on any atom is 0.335 e. The molecule has 21 heavy (non-hydrogen) atoms. The highest BCUT2D eigenvalue weighted by atomic mass is 79.9. The summed E-state index contributed by atoms with van der Waals surface area (Å²) in [6.07, 6.45) is 0.226. The molecular weight excluding hydrogens is 336 g/mol. The third kappa shape index (κ3) is 6.40. The predicted molar refractivity (Wildman–Crippen MR) is 84.3 cm³/mol. The monoisotopic (exact) mass is 356 g/mol. The number of ketones is 1. The molecule has 0 N–H and O–H groups in total. The normalized spacial score (nSPS) is 12.2. The van der Waals surface area contributed by atoms with Gasteiger partial charge in [0.1, 0.15) is 0 Å². The van der Waals surface area contributed by atoms with Crippen molar-refractivity contribution in [1.82, 2.24) is 0 Å². The van der Waals surface area contributed by atoms with Gasteiger partial charge in [0.05, 0.1) is 0 Å². The van der Waals surface area contributed by atoms with E-state index in [1.165, 1.54) is 0 Å². The van der Waals surface area contributed by atoms with Gasteiger partial charge < -0.3 is 9.47 Å². The van der Waals surface area contributed by atoms with Gasteiger partial charge in [-0.1, -0.05) is 48.0 Å². The SMILES string of the molecule is CC(C)CCOC(C)C(=O)OCC(=O)c1ccccc1Br. The molecule has 1 rings (SSSR count). The van der Waals surface area contributed by atoms with Crippen LogP contribution in [0.25, 0.3) is 0 Å². The molecule has 1 aromatic carbocycles. The van der Waals surface area contributed by atoms with Crippen LogP contribution in [0.3, 0.4) is 0 Å². The highest BCUT2D eigenvalue weighted by molar-refractivity contribution is 9.10. The molecule has 0 amide bonds. The Hall–Kier alpha value is -1.20. The summed E-state index contributed by atoms with van der Waals surface area (Å²) in [7, 11) is 0. The summed E-state index contributed by atoms with van der Waals surface area (Å²) < 4.78 is 11.1. The Morgan fingerprint density at radius 3 is 2.48 bits per heavy atom. The molecule has 4 nitrogen and oxygen atoms in total. The lowest BCUT2D eigenvalue weighted by atomic mass is 10.1. The van der Waals surface area contributed by atoms with Gasteiger partial charge in [-0.3, -0.25) is 4.79 Å². The molecule has 1 aromatic rings. The molecule has 0 spiro atoms. The number of ether oxygens (including phenoxy) is 2. The van der Waals surface area contributed by atoms with E-state index in [0.717, 1.165) is 6.42 Å². The molecular formula is C16H21BrO4. The van der Waals surface area contributed by atoms with Gasteiger partial charge in [0, 0.05) is 16.6 Å². The summed E-state index contributed by atoms with van der Waals surface area (Å²) >= 11 is 3.29. The summed E-state index contributed by atoms with van der Waals surface area (Å²) in [5.74, 6) is -0.241. The first-order chi connectivity index (χ1) is 9.91. The van der Waals surface area contributed by atoms with Crippen LogP contribution in [0.15, 0.2) is 28.7 Å². The largest absolute Gasteiger partial charge is 0.455 e. The van der Waals surface area contributed by atoms with E-state index in [0.29, 0.717) is 22.6 Å². The average molecular weight is 357 g/mol. The fourth-order valence-electron chi connectivity index (χ4n) is 1.57. The zero-order valence-electron chi connectivity index (χ0n) is 12.6. The molecule has 0 fully saturated rings. The van der Waals surface area contributed by atoms with Gasteiger partial charge in [0.2, 0.25) is 5.78 Å². The maximum absolute atomic E-state index is 11.9. The molecule has 0 radical (unpaired) electrons. The molecule has 0 bridgehead atoms. The van der Waals surface area contributed by atoms with Crippen molar-refractivity contribution < 1.29 is 19.1 Å². The number of carbonyl (C=O) groups is 2. The van der Waals surface area contributed by atoms with E-state index in [1.54, 1.807) is 25.1 Å². The second-order valence-corrected chi connectivity index (χ2v) is 6.06. The van der Waals surface area contributed by atoms with E-state index in [4.69, 9.17) is 9.47 Å². The molecule has 0 aliphatic rings. The van der Waals surface area contributed by atoms with Crippen LogP contribution in [0.5, 0.6) is 0 Å². The number of rotatable bonds is 8. The molecule has 0 aliphatic carbocycles. The zero-order chi connectivity index (χ0) is 15.8. The van der Waals surface area contributed by atoms with Gasteiger partial charge in [0.25, 0.3) is 0 Å². The van der Waals surface area contributed by atoms with Gasteiger partial charge in [0.15, 0.2) is 12.7 Å². The summed E-state index contributed by atoms with van der Waals surface area (Å²) in [6.45, 7) is 6.03. The Morgan fingerprint density at radius 1 is 1.19 bits per heavy atom. The van der Waals surface area contributed by atoms with E-state index in [1.807, 2.05) is 6.07 Å². The van der Waals surface area contributed by atoms with Crippen molar-refractivity contribution in [2.75, 3.05) is 13.2 Å². The van der Waals surface area contributed by atoms with Crippen molar-refractivity contribution in [2.45, 2.75) is 33.3 Å². The topological polar surface area (TPSA) is 52.6 Å². The van der Waals surface area contributed by atoms with Crippen LogP contribution in [-0.4, -0.2) is 31.1 Å². The average Bonchev–Trinajstić information content (AvgIpc) is 2.44. The van der Waals surface area contributed by atoms with Crippen LogP contribution < -0.4 is 0 Å². The number of esters is 1. The number of halogens is 1. The van der Waals surface area contributed by atoms with E-state index in [9.17, 15) is 9.59 Å². The third-order valence-corrected chi connectivity index (χ3v) is 3.61. The number of carbonyl (C=O) groups excluding carboxylic acids is 2. The number of hydrogen-bond donors (Lipinski definition) is 0. The summed E-state index contributed by atoms with van der Waals surface area (Å²) in [4.78, 5) is 23.7. The van der Waals surface area contributed by atoms with E-state index in [2.05, 4.69) is 29.8 Å². The van der Waals surface area contributed by atoms with Gasteiger partial charge >= 0.3 is 5.97 Å². The van der Waals surface area contributed by atoms with Crippen LogP contribution in [0.2, 0.25) is 0 Å². The van der Waals surface area contributed by atoms with E-state index < -0.39 is 12.1 Å². The Labute approximate surface area is 133 Å². The number of Topliss-reactive ketones (excluding diaryl/α,β-unsaturated/α-hetero) is 1. The number of benzene rings is 1. The predicted octanol–water partition coefficient (Wildman–Crippen LogP) is 3.63. The van der Waals surface area contributed by atoms with Crippen molar-refractivity contribution in [3.05, 3.63) is 34.3 Å². The van der Waals surface area contributed by atoms with Crippen LogP contribution in [0.1, 0.15) is 37.6 Å². The lowest BCUT2D eigenvalue weighted by molar-refractivity contribution is -0.155. The minimum absolute atomic E-state index is 0.245. The molecule has 1 atom stereocenters. The van der Waals surface area contributed by atoms with Gasteiger partial charge in [-0.15, -0.1) is 0 Å². The second-order valence-electron chi connectivity index (χ2n) is 5.21. The van der Waals surface area contributed by atoms with Crippen molar-refractivity contribution in [1.29, 1.82) is 0 Å². The number of hydrogen-bond acceptors (Lipinski definition) is 4. The maximum atomic E-state index is 11.9. The molecule has 1 unspecified atom stereocenters. The Bertz CT molecular complexity index is 485. The lowest BCUT2D eigenvalue weighted by Crippen LogP contribution is -2.26. The first kappa shape index (κ1) is 17.9. The van der Waals surface area contributed by atoms with E-state index in [-0.39, 0.29) is 12.4 Å². The Balaban J connectivity index is 2.39. The fraction of sp³-hybridized carbons (Fsp3) is 0.500. The standard InChI is InChI=1S/C16H21BrO4/c1-11(2)8-9-20-12(3)16(19)21-10-15(18)13-6-4-5-7-14(13)17/h4-7,11-12H,8-10H2,1-3H3. The van der Waals surface area contributed by atoms with Crippen molar-refractivity contribution in [3.63, 3.8) is 0 Å². The highest BCUT2D eigenvalue weighted by Crippen LogP contribution is 2.16. The van der Waals surface area contributed by atoms with Crippen molar-refractivity contribution in [3.8, 4) is 0 Å². The van der Waals surface area contributed by atoms with Crippen molar-refractivity contribution >= 4 is 27.7 Å². The first-order valence-corrected chi connectivity index (χ1v) is 7.77. The summed E-state index contributed by atoms with van der Waals surface area (Å²) in [5.41, 5.74) is 0.499.